The number of methoxy groups -OCH3 is 2. The van der Waals surface area contributed by atoms with Gasteiger partial charge in [-0.15, -0.1) is 0 Å². The number of benzene rings is 3. The standard InChI is InChI=1S/C24H23N7O3/c1-33-19-13-16(14-20(34-2)21(19)32)15-25-31-24-29-22(26-17-9-5-3-6-10-17)28-23(30-24)27-18-11-7-4-8-12-18/h3-15,32H,1-2H3,(H3,26,27,28,29,30,31)/b25-15-. The zero-order valence-corrected chi connectivity index (χ0v) is 18.6. The number of hydrogen-bond acceptors (Lipinski definition) is 10. The van der Waals surface area contributed by atoms with Gasteiger partial charge in [-0.1, -0.05) is 36.4 Å². The van der Waals surface area contributed by atoms with E-state index in [1.807, 2.05) is 60.7 Å². The first-order valence-electron chi connectivity index (χ1n) is 10.3. The van der Waals surface area contributed by atoms with Crippen LogP contribution in [0.25, 0.3) is 0 Å². The lowest BCUT2D eigenvalue weighted by molar-refractivity contribution is 0.340. The molecule has 0 atom stereocenters. The van der Waals surface area contributed by atoms with Crippen LogP contribution >= 0.6 is 0 Å². The molecule has 0 spiro atoms. The average Bonchev–Trinajstić information content (AvgIpc) is 2.86. The molecule has 10 nitrogen and oxygen atoms in total. The summed E-state index contributed by atoms with van der Waals surface area (Å²) in [6.45, 7) is 0. The van der Waals surface area contributed by atoms with E-state index in [4.69, 9.17) is 9.47 Å². The van der Waals surface area contributed by atoms with E-state index in [0.717, 1.165) is 11.4 Å². The summed E-state index contributed by atoms with van der Waals surface area (Å²) in [5.41, 5.74) is 5.12. The Kier molecular flexibility index (Phi) is 6.99. The van der Waals surface area contributed by atoms with Crippen LogP contribution in [0.4, 0.5) is 29.2 Å². The van der Waals surface area contributed by atoms with Crippen LogP contribution < -0.4 is 25.5 Å². The number of hydrogen-bond donors (Lipinski definition) is 4. The summed E-state index contributed by atoms with van der Waals surface area (Å²) in [6, 6.07) is 22.4. The molecule has 0 aliphatic heterocycles. The lowest BCUT2D eigenvalue weighted by Gasteiger charge is -2.10. The molecule has 1 heterocycles. The minimum Gasteiger partial charge on any atom is -0.502 e. The summed E-state index contributed by atoms with van der Waals surface area (Å²) < 4.78 is 10.4. The van der Waals surface area contributed by atoms with Gasteiger partial charge in [-0.3, -0.25) is 0 Å². The fourth-order valence-corrected chi connectivity index (χ4v) is 2.99. The molecule has 0 unspecified atom stereocenters. The van der Waals surface area contributed by atoms with Crippen molar-refractivity contribution in [2.75, 3.05) is 30.3 Å². The Hall–Kier alpha value is -4.86. The molecule has 0 bridgehead atoms. The molecule has 10 heteroatoms. The number of aromatic hydroxyl groups is 1. The first-order chi connectivity index (χ1) is 16.6. The molecule has 4 N–H and O–H groups in total. The Morgan fingerprint density at radius 2 is 1.21 bits per heavy atom. The highest BCUT2D eigenvalue weighted by molar-refractivity contribution is 5.82. The molecule has 0 radical (unpaired) electrons. The fourth-order valence-electron chi connectivity index (χ4n) is 2.99. The minimum absolute atomic E-state index is 0.0826. The van der Waals surface area contributed by atoms with Gasteiger partial charge in [0.2, 0.25) is 23.6 Å². The third-order valence-electron chi connectivity index (χ3n) is 4.58. The van der Waals surface area contributed by atoms with Gasteiger partial charge in [0.15, 0.2) is 11.5 Å². The Morgan fingerprint density at radius 1 is 0.735 bits per heavy atom. The highest BCUT2D eigenvalue weighted by atomic mass is 16.5. The number of nitrogens with zero attached hydrogens (tertiary/aromatic N) is 4. The van der Waals surface area contributed by atoms with Gasteiger partial charge in [-0.05, 0) is 36.4 Å². The second kappa shape index (κ2) is 10.6. The van der Waals surface area contributed by atoms with Crippen molar-refractivity contribution in [1.29, 1.82) is 0 Å². The van der Waals surface area contributed by atoms with Crippen LogP contribution in [0.2, 0.25) is 0 Å². The zero-order chi connectivity index (χ0) is 23.8. The molecule has 0 amide bonds. The minimum atomic E-state index is -0.0826. The number of anilines is 5. The van der Waals surface area contributed by atoms with Crippen molar-refractivity contribution >= 4 is 35.4 Å². The summed E-state index contributed by atoms with van der Waals surface area (Å²) >= 11 is 0. The Morgan fingerprint density at radius 3 is 1.68 bits per heavy atom. The van der Waals surface area contributed by atoms with Gasteiger partial charge in [-0.25, -0.2) is 5.43 Å². The SMILES string of the molecule is COc1cc(/C=N\Nc2nc(Nc3ccccc3)nc(Nc3ccccc3)n2)cc(OC)c1O. The van der Waals surface area contributed by atoms with Crippen molar-refractivity contribution in [2.24, 2.45) is 5.10 Å². The molecule has 34 heavy (non-hydrogen) atoms. The van der Waals surface area contributed by atoms with Gasteiger partial charge in [0.25, 0.3) is 0 Å². The van der Waals surface area contributed by atoms with Crippen molar-refractivity contribution < 1.29 is 14.6 Å². The molecular weight excluding hydrogens is 434 g/mol. The van der Waals surface area contributed by atoms with Crippen LogP contribution in [0.1, 0.15) is 5.56 Å². The van der Waals surface area contributed by atoms with Crippen LogP contribution in [0.5, 0.6) is 17.2 Å². The van der Waals surface area contributed by atoms with E-state index in [0.29, 0.717) is 17.5 Å². The van der Waals surface area contributed by atoms with E-state index in [-0.39, 0.29) is 23.2 Å². The third-order valence-corrected chi connectivity index (χ3v) is 4.58. The molecular formula is C24H23N7O3. The van der Waals surface area contributed by atoms with Crippen LogP contribution in [0.15, 0.2) is 77.9 Å². The monoisotopic (exact) mass is 457 g/mol. The largest absolute Gasteiger partial charge is 0.502 e. The third kappa shape index (κ3) is 5.68. The first-order valence-corrected chi connectivity index (χ1v) is 10.3. The van der Waals surface area contributed by atoms with Crippen molar-refractivity contribution in [2.45, 2.75) is 0 Å². The predicted octanol–water partition coefficient (Wildman–Crippen LogP) is 4.53. The summed E-state index contributed by atoms with van der Waals surface area (Å²) in [6.07, 6.45) is 1.53. The maximum Gasteiger partial charge on any atom is 0.250 e. The van der Waals surface area contributed by atoms with Gasteiger partial charge < -0.3 is 25.2 Å². The maximum absolute atomic E-state index is 10.1. The molecule has 0 fully saturated rings. The van der Waals surface area contributed by atoms with Crippen LogP contribution in [0, 0.1) is 0 Å². The summed E-state index contributed by atoms with van der Waals surface area (Å²) in [5.74, 6) is 1.35. The molecule has 3 aromatic carbocycles. The first kappa shape index (κ1) is 22.3. The molecule has 0 saturated carbocycles. The fraction of sp³-hybridized carbons (Fsp3) is 0.0833. The number of aromatic nitrogens is 3. The van der Waals surface area contributed by atoms with Crippen LogP contribution in [0.3, 0.4) is 0 Å². The number of rotatable bonds is 9. The van der Waals surface area contributed by atoms with Crippen molar-refractivity contribution in [3.8, 4) is 17.2 Å². The normalized spacial score (nSPS) is 10.6. The second-order valence-corrected chi connectivity index (χ2v) is 6.93. The summed E-state index contributed by atoms with van der Waals surface area (Å²) in [5, 5.41) is 20.6. The number of ether oxygens (including phenoxy) is 2. The zero-order valence-electron chi connectivity index (χ0n) is 18.6. The van der Waals surface area contributed by atoms with Gasteiger partial charge in [0.05, 0.1) is 20.4 Å². The topological polar surface area (TPSA) is 126 Å². The van der Waals surface area contributed by atoms with Crippen molar-refractivity contribution in [3.63, 3.8) is 0 Å². The lowest BCUT2D eigenvalue weighted by Crippen LogP contribution is -2.07. The quantitative estimate of drug-likeness (QED) is 0.212. The van der Waals surface area contributed by atoms with E-state index in [1.165, 1.54) is 20.4 Å². The molecule has 4 aromatic rings. The molecule has 172 valence electrons. The Labute approximate surface area is 196 Å². The smallest absolute Gasteiger partial charge is 0.250 e. The Balaban J connectivity index is 1.58. The number of phenolic OH excluding ortho intramolecular Hbond substituents is 1. The molecule has 0 aliphatic rings. The molecule has 1 aromatic heterocycles. The maximum atomic E-state index is 10.1. The van der Waals surface area contributed by atoms with Crippen molar-refractivity contribution in [1.82, 2.24) is 15.0 Å². The van der Waals surface area contributed by atoms with Crippen LogP contribution in [-0.4, -0.2) is 40.5 Å². The summed E-state index contributed by atoms with van der Waals surface area (Å²) in [7, 11) is 2.92. The van der Waals surface area contributed by atoms with Gasteiger partial charge >= 0.3 is 0 Å². The summed E-state index contributed by atoms with van der Waals surface area (Å²) in [4.78, 5) is 13.2. The number of nitrogens with one attached hydrogen (secondary N) is 3. The van der Waals surface area contributed by atoms with Gasteiger partial charge in [-0.2, -0.15) is 20.1 Å². The van der Waals surface area contributed by atoms with E-state index < -0.39 is 0 Å². The molecule has 0 aliphatic carbocycles. The van der Waals surface area contributed by atoms with Crippen molar-refractivity contribution in [3.05, 3.63) is 78.4 Å². The van der Waals surface area contributed by atoms with E-state index in [9.17, 15) is 5.11 Å². The highest BCUT2D eigenvalue weighted by Crippen LogP contribution is 2.36. The average molecular weight is 457 g/mol. The van der Waals surface area contributed by atoms with E-state index in [2.05, 4.69) is 36.1 Å². The van der Waals surface area contributed by atoms with E-state index in [1.54, 1.807) is 12.1 Å². The second-order valence-electron chi connectivity index (χ2n) is 6.93. The predicted molar refractivity (Wildman–Crippen MR) is 132 cm³/mol. The molecule has 4 rings (SSSR count). The van der Waals surface area contributed by atoms with E-state index >= 15 is 0 Å². The lowest BCUT2D eigenvalue weighted by atomic mass is 10.2. The Bertz CT molecular complexity index is 1180. The molecule has 0 saturated heterocycles. The number of para-hydroxylation sites is 2. The number of phenols is 1. The van der Waals surface area contributed by atoms with Crippen LogP contribution in [-0.2, 0) is 0 Å². The van der Waals surface area contributed by atoms with Gasteiger partial charge in [0, 0.05) is 16.9 Å². The van der Waals surface area contributed by atoms with Gasteiger partial charge in [0.1, 0.15) is 0 Å². The number of hydrazone groups is 1. The highest BCUT2D eigenvalue weighted by Gasteiger charge is 2.11.